The zero-order chi connectivity index (χ0) is 13.6. The summed E-state index contributed by atoms with van der Waals surface area (Å²) in [5, 5.41) is 3.57. The molecule has 0 aromatic heterocycles. The first-order chi connectivity index (χ1) is 8.45. The average molecular weight is 255 g/mol. The highest BCUT2D eigenvalue weighted by Gasteiger charge is 2.30. The molecule has 3 heteroatoms. The van der Waals surface area contributed by atoms with Crippen LogP contribution in [0.25, 0.3) is 0 Å². The lowest BCUT2D eigenvalue weighted by Crippen LogP contribution is -2.57. The van der Waals surface area contributed by atoms with E-state index in [0.717, 1.165) is 6.54 Å². The van der Waals surface area contributed by atoms with Gasteiger partial charge in [-0.05, 0) is 60.2 Å². The maximum atomic E-state index is 3.57. The summed E-state index contributed by atoms with van der Waals surface area (Å²) in [4.78, 5) is 5.11. The van der Waals surface area contributed by atoms with E-state index in [0.29, 0.717) is 11.6 Å². The van der Waals surface area contributed by atoms with Gasteiger partial charge in [-0.15, -0.1) is 0 Å². The molecule has 0 spiro atoms. The normalized spacial score (nSPS) is 23.2. The number of nitrogens with one attached hydrogen (secondary N) is 1. The van der Waals surface area contributed by atoms with E-state index in [1.807, 2.05) is 0 Å². The summed E-state index contributed by atoms with van der Waals surface area (Å²) >= 11 is 0. The monoisotopic (exact) mass is 255 g/mol. The van der Waals surface area contributed by atoms with Crippen LogP contribution in [0.15, 0.2) is 0 Å². The minimum Gasteiger partial charge on any atom is -0.314 e. The molecular formula is C15H33N3. The molecule has 1 aliphatic heterocycles. The quantitative estimate of drug-likeness (QED) is 0.752. The number of likely N-dealkylation sites (N-methyl/N-ethyl adjacent to an activating group) is 1. The van der Waals surface area contributed by atoms with E-state index >= 15 is 0 Å². The summed E-state index contributed by atoms with van der Waals surface area (Å²) in [7, 11) is 2.24. The summed E-state index contributed by atoms with van der Waals surface area (Å²) in [6, 6.07) is 0.672. The van der Waals surface area contributed by atoms with Gasteiger partial charge in [0.05, 0.1) is 0 Å². The van der Waals surface area contributed by atoms with Crippen molar-refractivity contribution in [1.29, 1.82) is 0 Å². The Morgan fingerprint density at radius 3 is 2.61 bits per heavy atom. The van der Waals surface area contributed by atoms with E-state index < -0.39 is 0 Å². The summed E-state index contributed by atoms with van der Waals surface area (Å²) in [5.74, 6) is 0. The van der Waals surface area contributed by atoms with E-state index in [1.54, 1.807) is 0 Å². The molecule has 3 nitrogen and oxygen atoms in total. The predicted octanol–water partition coefficient (Wildman–Crippen LogP) is 2.18. The molecule has 1 rings (SSSR count). The standard InChI is InChI=1S/C15H33N3/c1-6-9-16-14(2)8-7-10-18-12-11-17(5)15(3,4)13-18/h14,16H,6-13H2,1-5H3. The summed E-state index contributed by atoms with van der Waals surface area (Å²) in [5.41, 5.74) is 0.338. The van der Waals surface area contributed by atoms with Gasteiger partial charge in [0.25, 0.3) is 0 Å². The SMILES string of the molecule is CCCNC(C)CCCN1CCN(C)C(C)(C)C1. The Balaban J connectivity index is 2.16. The molecule has 0 radical (unpaired) electrons. The van der Waals surface area contributed by atoms with E-state index in [1.165, 1.54) is 45.4 Å². The topological polar surface area (TPSA) is 18.5 Å². The zero-order valence-corrected chi connectivity index (χ0v) is 13.1. The molecule has 0 aromatic rings. The number of hydrogen-bond acceptors (Lipinski definition) is 3. The molecule has 1 saturated heterocycles. The lowest BCUT2D eigenvalue weighted by Gasteiger charge is -2.45. The third-order valence-corrected chi connectivity index (χ3v) is 4.25. The van der Waals surface area contributed by atoms with E-state index in [4.69, 9.17) is 0 Å². The van der Waals surface area contributed by atoms with Crippen LogP contribution in [0.2, 0.25) is 0 Å². The molecule has 1 aliphatic rings. The second-order valence-electron chi connectivity index (χ2n) is 6.51. The summed E-state index contributed by atoms with van der Waals surface area (Å²) < 4.78 is 0. The van der Waals surface area contributed by atoms with Gasteiger partial charge in [-0.3, -0.25) is 4.90 Å². The Kier molecular flexibility index (Phi) is 6.61. The highest BCUT2D eigenvalue weighted by atomic mass is 15.3. The van der Waals surface area contributed by atoms with Crippen molar-refractivity contribution in [2.45, 2.75) is 58.5 Å². The number of rotatable bonds is 7. The number of hydrogen-bond donors (Lipinski definition) is 1. The molecule has 1 atom stereocenters. The molecule has 0 saturated carbocycles. The van der Waals surface area contributed by atoms with Gasteiger partial charge >= 0.3 is 0 Å². The molecule has 1 fully saturated rings. The highest BCUT2D eigenvalue weighted by Crippen LogP contribution is 2.19. The van der Waals surface area contributed by atoms with Crippen molar-refractivity contribution in [2.24, 2.45) is 0 Å². The molecule has 108 valence electrons. The van der Waals surface area contributed by atoms with Crippen molar-refractivity contribution in [2.75, 3.05) is 39.8 Å². The second kappa shape index (κ2) is 7.46. The van der Waals surface area contributed by atoms with Crippen molar-refractivity contribution >= 4 is 0 Å². The first-order valence-electron chi connectivity index (χ1n) is 7.62. The molecule has 1 heterocycles. The largest absolute Gasteiger partial charge is 0.314 e. The van der Waals surface area contributed by atoms with E-state index in [-0.39, 0.29) is 0 Å². The first kappa shape index (κ1) is 15.9. The molecule has 0 aromatic carbocycles. The van der Waals surface area contributed by atoms with E-state index in [9.17, 15) is 0 Å². The number of nitrogens with zero attached hydrogens (tertiary/aromatic N) is 2. The van der Waals surface area contributed by atoms with Gasteiger partial charge in [-0.1, -0.05) is 6.92 Å². The molecule has 1 N–H and O–H groups in total. The maximum absolute atomic E-state index is 3.57. The van der Waals surface area contributed by atoms with Crippen LogP contribution in [0, 0.1) is 0 Å². The highest BCUT2D eigenvalue weighted by molar-refractivity contribution is 4.88. The summed E-state index contributed by atoms with van der Waals surface area (Å²) in [6.07, 6.45) is 3.85. The average Bonchev–Trinajstić information content (AvgIpc) is 2.31. The Morgan fingerprint density at radius 2 is 2.00 bits per heavy atom. The second-order valence-corrected chi connectivity index (χ2v) is 6.51. The lowest BCUT2D eigenvalue weighted by molar-refractivity contribution is 0.0390. The predicted molar refractivity (Wildman–Crippen MR) is 80.1 cm³/mol. The van der Waals surface area contributed by atoms with Crippen molar-refractivity contribution in [3.8, 4) is 0 Å². The van der Waals surface area contributed by atoms with Crippen molar-refractivity contribution < 1.29 is 0 Å². The third-order valence-electron chi connectivity index (χ3n) is 4.25. The van der Waals surface area contributed by atoms with Crippen LogP contribution in [0.1, 0.15) is 47.0 Å². The Morgan fingerprint density at radius 1 is 1.28 bits per heavy atom. The molecule has 0 amide bonds. The molecule has 0 aliphatic carbocycles. The van der Waals surface area contributed by atoms with Gasteiger partial charge in [-0.25, -0.2) is 0 Å². The van der Waals surface area contributed by atoms with Gasteiger partial charge in [0.1, 0.15) is 0 Å². The molecule has 18 heavy (non-hydrogen) atoms. The third kappa shape index (κ3) is 5.25. The van der Waals surface area contributed by atoms with Crippen LogP contribution in [0.3, 0.4) is 0 Å². The fourth-order valence-corrected chi connectivity index (χ4v) is 2.65. The van der Waals surface area contributed by atoms with Crippen LogP contribution in [-0.4, -0.2) is 61.2 Å². The zero-order valence-electron chi connectivity index (χ0n) is 13.1. The van der Waals surface area contributed by atoms with Crippen LogP contribution >= 0.6 is 0 Å². The van der Waals surface area contributed by atoms with Gasteiger partial charge in [0, 0.05) is 31.2 Å². The van der Waals surface area contributed by atoms with Crippen molar-refractivity contribution in [3.05, 3.63) is 0 Å². The fraction of sp³-hybridized carbons (Fsp3) is 1.00. The van der Waals surface area contributed by atoms with Crippen LogP contribution in [0.4, 0.5) is 0 Å². The van der Waals surface area contributed by atoms with Gasteiger partial charge in [0.15, 0.2) is 0 Å². The minimum absolute atomic E-state index is 0.338. The summed E-state index contributed by atoms with van der Waals surface area (Å²) in [6.45, 7) is 15.3. The minimum atomic E-state index is 0.338. The molecular weight excluding hydrogens is 222 g/mol. The smallest absolute Gasteiger partial charge is 0.0277 e. The molecule has 0 bridgehead atoms. The maximum Gasteiger partial charge on any atom is 0.0277 e. The van der Waals surface area contributed by atoms with Crippen LogP contribution in [0.5, 0.6) is 0 Å². The van der Waals surface area contributed by atoms with Gasteiger partial charge in [0.2, 0.25) is 0 Å². The Hall–Kier alpha value is -0.120. The number of piperazine rings is 1. The van der Waals surface area contributed by atoms with Crippen molar-refractivity contribution in [1.82, 2.24) is 15.1 Å². The van der Waals surface area contributed by atoms with Crippen molar-refractivity contribution in [3.63, 3.8) is 0 Å². The van der Waals surface area contributed by atoms with Gasteiger partial charge in [-0.2, -0.15) is 0 Å². The lowest BCUT2D eigenvalue weighted by atomic mass is 9.99. The molecule has 1 unspecified atom stereocenters. The van der Waals surface area contributed by atoms with Gasteiger partial charge < -0.3 is 10.2 Å². The fourth-order valence-electron chi connectivity index (χ4n) is 2.65. The Bertz CT molecular complexity index is 228. The van der Waals surface area contributed by atoms with Crippen LogP contribution < -0.4 is 5.32 Å². The van der Waals surface area contributed by atoms with Crippen LogP contribution in [-0.2, 0) is 0 Å². The Labute approximate surface area is 114 Å². The first-order valence-corrected chi connectivity index (χ1v) is 7.62. The van der Waals surface area contributed by atoms with E-state index in [2.05, 4.69) is 49.9 Å².